The first-order valence-corrected chi connectivity index (χ1v) is 6.88. The molecule has 1 fully saturated rings. The van der Waals surface area contributed by atoms with Crippen LogP contribution in [-0.2, 0) is 16.0 Å². The van der Waals surface area contributed by atoms with Crippen LogP contribution >= 0.6 is 0 Å². The Morgan fingerprint density at radius 2 is 2.20 bits per heavy atom. The third-order valence-corrected chi connectivity index (χ3v) is 3.68. The molecule has 0 aromatic heterocycles. The van der Waals surface area contributed by atoms with Gasteiger partial charge in [0.15, 0.2) is 0 Å². The molecule has 3 N–H and O–H groups in total. The van der Waals surface area contributed by atoms with E-state index in [1.807, 2.05) is 24.3 Å². The van der Waals surface area contributed by atoms with E-state index in [2.05, 4.69) is 0 Å². The van der Waals surface area contributed by atoms with Gasteiger partial charge in [-0.25, -0.2) is 0 Å². The number of likely N-dealkylation sites (tertiary alicyclic amines) is 1. The summed E-state index contributed by atoms with van der Waals surface area (Å²) in [6.07, 6.45) is 2.06. The number of carboxylic acid groups (broad SMARTS) is 1. The van der Waals surface area contributed by atoms with Crippen molar-refractivity contribution in [2.45, 2.75) is 25.7 Å². The van der Waals surface area contributed by atoms with Gasteiger partial charge in [0.1, 0.15) is 0 Å². The van der Waals surface area contributed by atoms with E-state index in [-0.39, 0.29) is 18.2 Å². The first-order valence-electron chi connectivity index (χ1n) is 6.88. The molecule has 5 heteroatoms. The first kappa shape index (κ1) is 14.4. The maximum absolute atomic E-state index is 12.1. The second-order valence-corrected chi connectivity index (χ2v) is 5.34. The molecule has 1 amide bonds. The number of nitrogens with zero attached hydrogens (tertiary/aromatic N) is 1. The van der Waals surface area contributed by atoms with Gasteiger partial charge in [-0.2, -0.15) is 0 Å². The Morgan fingerprint density at radius 1 is 1.40 bits per heavy atom. The number of benzene rings is 1. The number of nitrogens with two attached hydrogens (primary N) is 1. The van der Waals surface area contributed by atoms with Crippen molar-refractivity contribution in [1.29, 1.82) is 0 Å². The van der Waals surface area contributed by atoms with Crippen LogP contribution in [-0.4, -0.2) is 35.0 Å². The Labute approximate surface area is 118 Å². The maximum atomic E-state index is 12.1. The standard InChI is InChI=1S/C15H20N2O3/c16-13-3-1-2-11(8-13)4-5-14(18)17-7-6-12(10-17)9-15(19)20/h1-3,8,12H,4-7,9-10,16H2,(H,19,20). The fraction of sp³-hybridized carbons (Fsp3) is 0.467. The molecule has 5 nitrogen and oxygen atoms in total. The van der Waals surface area contributed by atoms with Crippen LogP contribution in [0.3, 0.4) is 0 Å². The predicted octanol–water partition coefficient (Wildman–Crippen LogP) is 1.52. The average molecular weight is 276 g/mol. The lowest BCUT2D eigenvalue weighted by Crippen LogP contribution is -2.29. The summed E-state index contributed by atoms with van der Waals surface area (Å²) in [5.74, 6) is -0.590. The largest absolute Gasteiger partial charge is 0.481 e. The second-order valence-electron chi connectivity index (χ2n) is 5.34. The minimum absolute atomic E-state index is 0.0975. The third kappa shape index (κ3) is 3.98. The van der Waals surface area contributed by atoms with Crippen molar-refractivity contribution in [3.63, 3.8) is 0 Å². The van der Waals surface area contributed by atoms with Gasteiger partial charge in [0.2, 0.25) is 5.91 Å². The van der Waals surface area contributed by atoms with Crippen LogP contribution in [0.4, 0.5) is 5.69 Å². The molecule has 1 atom stereocenters. The van der Waals surface area contributed by atoms with Gasteiger partial charge in [0.05, 0.1) is 0 Å². The molecule has 0 aliphatic carbocycles. The summed E-state index contributed by atoms with van der Waals surface area (Å²) in [6, 6.07) is 7.54. The number of hydrogen-bond donors (Lipinski definition) is 2. The first-order chi connectivity index (χ1) is 9.54. The van der Waals surface area contributed by atoms with Gasteiger partial charge in [-0.05, 0) is 36.5 Å². The molecule has 1 aliphatic rings. The molecule has 2 rings (SSSR count). The van der Waals surface area contributed by atoms with Crippen LogP contribution in [0.2, 0.25) is 0 Å². The van der Waals surface area contributed by atoms with Crippen LogP contribution in [0, 0.1) is 5.92 Å². The van der Waals surface area contributed by atoms with Crippen molar-refractivity contribution in [2.75, 3.05) is 18.8 Å². The highest BCUT2D eigenvalue weighted by Gasteiger charge is 2.27. The number of anilines is 1. The van der Waals surface area contributed by atoms with E-state index in [1.165, 1.54) is 0 Å². The van der Waals surface area contributed by atoms with E-state index < -0.39 is 5.97 Å². The minimum Gasteiger partial charge on any atom is -0.481 e. The molecule has 0 saturated carbocycles. The topological polar surface area (TPSA) is 83.6 Å². The molecule has 1 unspecified atom stereocenters. The van der Waals surface area contributed by atoms with E-state index >= 15 is 0 Å². The number of carbonyl (C=O) groups is 2. The Morgan fingerprint density at radius 3 is 2.90 bits per heavy atom. The molecular weight excluding hydrogens is 256 g/mol. The number of carbonyl (C=O) groups excluding carboxylic acids is 1. The lowest BCUT2D eigenvalue weighted by molar-refractivity contribution is -0.138. The zero-order chi connectivity index (χ0) is 14.5. The van der Waals surface area contributed by atoms with Crippen molar-refractivity contribution in [3.8, 4) is 0 Å². The zero-order valence-corrected chi connectivity index (χ0v) is 11.4. The highest BCUT2D eigenvalue weighted by Crippen LogP contribution is 2.20. The Bertz CT molecular complexity index is 502. The molecule has 1 saturated heterocycles. The van der Waals surface area contributed by atoms with Crippen molar-refractivity contribution in [1.82, 2.24) is 4.90 Å². The Hall–Kier alpha value is -2.04. The molecule has 0 bridgehead atoms. The van der Waals surface area contributed by atoms with E-state index in [4.69, 9.17) is 10.8 Å². The summed E-state index contributed by atoms with van der Waals surface area (Å²) in [7, 11) is 0. The fourth-order valence-corrected chi connectivity index (χ4v) is 2.63. The van der Waals surface area contributed by atoms with E-state index in [0.717, 1.165) is 12.0 Å². The summed E-state index contributed by atoms with van der Waals surface area (Å²) in [5, 5.41) is 8.76. The van der Waals surface area contributed by atoms with Crippen molar-refractivity contribution < 1.29 is 14.7 Å². The van der Waals surface area contributed by atoms with E-state index in [0.29, 0.717) is 31.6 Å². The van der Waals surface area contributed by atoms with Gasteiger partial charge in [0.25, 0.3) is 0 Å². The quantitative estimate of drug-likeness (QED) is 0.799. The summed E-state index contributed by atoms with van der Waals surface area (Å²) >= 11 is 0. The molecule has 20 heavy (non-hydrogen) atoms. The van der Waals surface area contributed by atoms with Crippen LogP contribution in [0.5, 0.6) is 0 Å². The lowest BCUT2D eigenvalue weighted by Gasteiger charge is -2.16. The smallest absolute Gasteiger partial charge is 0.303 e. The monoisotopic (exact) mass is 276 g/mol. The molecular formula is C15H20N2O3. The number of rotatable bonds is 5. The Balaban J connectivity index is 1.80. The van der Waals surface area contributed by atoms with Gasteiger partial charge < -0.3 is 15.7 Å². The molecule has 1 heterocycles. The molecule has 0 spiro atoms. The summed E-state index contributed by atoms with van der Waals surface area (Å²) < 4.78 is 0. The Kier molecular flexibility index (Phi) is 4.61. The van der Waals surface area contributed by atoms with Crippen molar-refractivity contribution in [2.24, 2.45) is 5.92 Å². The van der Waals surface area contributed by atoms with Crippen LogP contribution in [0.25, 0.3) is 0 Å². The van der Waals surface area contributed by atoms with E-state index in [1.54, 1.807) is 4.90 Å². The molecule has 108 valence electrons. The van der Waals surface area contributed by atoms with Crippen LogP contribution in [0.1, 0.15) is 24.8 Å². The number of nitrogen functional groups attached to an aromatic ring is 1. The summed E-state index contributed by atoms with van der Waals surface area (Å²) in [5.41, 5.74) is 7.46. The van der Waals surface area contributed by atoms with Crippen LogP contribution in [0.15, 0.2) is 24.3 Å². The molecule has 1 aromatic carbocycles. The van der Waals surface area contributed by atoms with E-state index in [9.17, 15) is 9.59 Å². The van der Waals surface area contributed by atoms with Gasteiger partial charge in [0, 0.05) is 31.6 Å². The molecule has 0 radical (unpaired) electrons. The number of hydrogen-bond acceptors (Lipinski definition) is 3. The minimum atomic E-state index is -0.788. The van der Waals surface area contributed by atoms with Crippen LogP contribution < -0.4 is 5.73 Å². The fourth-order valence-electron chi connectivity index (χ4n) is 2.63. The number of aliphatic carboxylic acids is 1. The van der Waals surface area contributed by atoms with Crippen molar-refractivity contribution in [3.05, 3.63) is 29.8 Å². The number of carboxylic acids is 1. The average Bonchev–Trinajstić information content (AvgIpc) is 2.84. The number of aryl methyl sites for hydroxylation is 1. The zero-order valence-electron chi connectivity index (χ0n) is 11.4. The molecule has 1 aromatic rings. The maximum Gasteiger partial charge on any atom is 0.303 e. The van der Waals surface area contributed by atoms with Gasteiger partial charge in [-0.15, -0.1) is 0 Å². The summed E-state index contributed by atoms with van der Waals surface area (Å²) in [4.78, 5) is 24.5. The summed E-state index contributed by atoms with van der Waals surface area (Å²) in [6.45, 7) is 1.25. The normalized spacial score (nSPS) is 18.2. The highest BCUT2D eigenvalue weighted by atomic mass is 16.4. The SMILES string of the molecule is Nc1cccc(CCC(=O)N2CCC(CC(=O)O)C2)c1. The lowest BCUT2D eigenvalue weighted by atomic mass is 10.1. The third-order valence-electron chi connectivity index (χ3n) is 3.68. The second kappa shape index (κ2) is 6.41. The van der Waals surface area contributed by atoms with Gasteiger partial charge in [-0.1, -0.05) is 12.1 Å². The highest BCUT2D eigenvalue weighted by molar-refractivity contribution is 5.77. The predicted molar refractivity (Wildman–Crippen MR) is 76.1 cm³/mol. The van der Waals surface area contributed by atoms with Gasteiger partial charge >= 0.3 is 5.97 Å². The van der Waals surface area contributed by atoms with Crippen molar-refractivity contribution >= 4 is 17.6 Å². The van der Waals surface area contributed by atoms with Gasteiger partial charge in [-0.3, -0.25) is 9.59 Å². The number of amides is 1. The molecule has 1 aliphatic heterocycles.